The Morgan fingerprint density at radius 2 is 1.72 bits per heavy atom. The molecule has 18 heavy (non-hydrogen) atoms. The third-order valence-corrected chi connectivity index (χ3v) is 4.09. The van der Waals surface area contributed by atoms with Gasteiger partial charge in [-0.25, -0.2) is 0 Å². The second-order valence-corrected chi connectivity index (χ2v) is 5.53. The van der Waals surface area contributed by atoms with Gasteiger partial charge in [0.25, 0.3) is 0 Å². The fourth-order valence-corrected chi connectivity index (χ4v) is 2.95. The van der Waals surface area contributed by atoms with Crippen LogP contribution in [0.5, 0.6) is 0 Å². The standard InChI is InChI=1S/C14H30N2O2/c1-17-10-5-8-16(9-11-18-2)13-14(12-15)6-3-4-7-14/h3-13,15H2,1-2H3. The van der Waals surface area contributed by atoms with Gasteiger partial charge in [0.2, 0.25) is 0 Å². The summed E-state index contributed by atoms with van der Waals surface area (Å²) in [5.41, 5.74) is 6.38. The summed E-state index contributed by atoms with van der Waals surface area (Å²) in [5.74, 6) is 0. The molecule has 0 aromatic heterocycles. The molecule has 1 aliphatic carbocycles. The van der Waals surface area contributed by atoms with Crippen LogP contribution in [0.4, 0.5) is 0 Å². The van der Waals surface area contributed by atoms with E-state index in [9.17, 15) is 0 Å². The molecule has 0 aromatic rings. The van der Waals surface area contributed by atoms with Gasteiger partial charge in [-0.05, 0) is 31.2 Å². The van der Waals surface area contributed by atoms with Crippen LogP contribution in [-0.4, -0.2) is 58.5 Å². The van der Waals surface area contributed by atoms with Crippen molar-refractivity contribution in [2.45, 2.75) is 32.1 Å². The number of hydrogen-bond acceptors (Lipinski definition) is 4. The van der Waals surface area contributed by atoms with E-state index in [4.69, 9.17) is 15.2 Å². The van der Waals surface area contributed by atoms with Gasteiger partial charge in [-0.1, -0.05) is 12.8 Å². The zero-order chi connectivity index (χ0) is 13.3. The van der Waals surface area contributed by atoms with Crippen molar-refractivity contribution in [1.82, 2.24) is 4.90 Å². The van der Waals surface area contributed by atoms with Crippen molar-refractivity contribution in [2.75, 3.05) is 53.6 Å². The lowest BCUT2D eigenvalue weighted by Crippen LogP contribution is -2.42. The van der Waals surface area contributed by atoms with Gasteiger partial charge in [0.1, 0.15) is 0 Å². The lowest BCUT2D eigenvalue weighted by molar-refractivity contribution is 0.0986. The summed E-state index contributed by atoms with van der Waals surface area (Å²) in [4.78, 5) is 2.50. The number of methoxy groups -OCH3 is 2. The van der Waals surface area contributed by atoms with Crippen molar-refractivity contribution < 1.29 is 9.47 Å². The number of rotatable bonds is 10. The normalized spacial score (nSPS) is 18.7. The van der Waals surface area contributed by atoms with Gasteiger partial charge in [0.15, 0.2) is 0 Å². The van der Waals surface area contributed by atoms with Gasteiger partial charge < -0.3 is 20.1 Å². The van der Waals surface area contributed by atoms with E-state index in [1.54, 1.807) is 14.2 Å². The number of nitrogens with zero attached hydrogens (tertiary/aromatic N) is 1. The van der Waals surface area contributed by atoms with Crippen LogP contribution in [0.15, 0.2) is 0 Å². The molecule has 0 bridgehead atoms. The molecule has 1 saturated carbocycles. The highest BCUT2D eigenvalue weighted by Gasteiger charge is 2.33. The Morgan fingerprint density at radius 3 is 2.28 bits per heavy atom. The lowest BCUT2D eigenvalue weighted by Gasteiger charge is -2.34. The molecule has 0 aliphatic heterocycles. The molecule has 1 fully saturated rings. The molecule has 1 rings (SSSR count). The first-order chi connectivity index (χ1) is 8.76. The predicted molar refractivity (Wildman–Crippen MR) is 74.8 cm³/mol. The maximum Gasteiger partial charge on any atom is 0.0589 e. The van der Waals surface area contributed by atoms with Gasteiger partial charge in [-0.3, -0.25) is 0 Å². The summed E-state index contributed by atoms with van der Waals surface area (Å²) in [6.45, 7) is 5.66. The minimum Gasteiger partial charge on any atom is -0.385 e. The van der Waals surface area contributed by atoms with E-state index >= 15 is 0 Å². The largest absolute Gasteiger partial charge is 0.385 e. The molecular weight excluding hydrogens is 228 g/mol. The van der Waals surface area contributed by atoms with Crippen LogP contribution in [0.3, 0.4) is 0 Å². The smallest absolute Gasteiger partial charge is 0.0589 e. The highest BCUT2D eigenvalue weighted by Crippen LogP contribution is 2.37. The average molecular weight is 258 g/mol. The maximum absolute atomic E-state index is 6.02. The number of nitrogens with two attached hydrogens (primary N) is 1. The van der Waals surface area contributed by atoms with Crippen LogP contribution < -0.4 is 5.73 Å². The highest BCUT2D eigenvalue weighted by molar-refractivity contribution is 4.88. The highest BCUT2D eigenvalue weighted by atomic mass is 16.5. The molecule has 0 heterocycles. The molecule has 108 valence electrons. The summed E-state index contributed by atoms with van der Waals surface area (Å²) in [5, 5.41) is 0. The molecular formula is C14H30N2O2. The van der Waals surface area contributed by atoms with E-state index in [1.165, 1.54) is 25.7 Å². The van der Waals surface area contributed by atoms with Crippen LogP contribution in [-0.2, 0) is 9.47 Å². The van der Waals surface area contributed by atoms with Crippen LogP contribution in [0.25, 0.3) is 0 Å². The van der Waals surface area contributed by atoms with E-state index in [0.717, 1.165) is 45.8 Å². The lowest BCUT2D eigenvalue weighted by atomic mass is 9.85. The number of ether oxygens (including phenoxy) is 2. The molecule has 2 N–H and O–H groups in total. The second kappa shape index (κ2) is 8.86. The molecule has 0 spiro atoms. The quantitative estimate of drug-likeness (QED) is 0.603. The van der Waals surface area contributed by atoms with Gasteiger partial charge >= 0.3 is 0 Å². The Hall–Kier alpha value is -0.160. The van der Waals surface area contributed by atoms with E-state index in [2.05, 4.69) is 4.90 Å². The monoisotopic (exact) mass is 258 g/mol. The van der Waals surface area contributed by atoms with Gasteiger partial charge in [0, 0.05) is 40.5 Å². The summed E-state index contributed by atoms with van der Waals surface area (Å²) < 4.78 is 10.3. The van der Waals surface area contributed by atoms with Crippen molar-refractivity contribution in [3.05, 3.63) is 0 Å². The summed E-state index contributed by atoms with van der Waals surface area (Å²) in [6.07, 6.45) is 6.34. The average Bonchev–Trinajstić information content (AvgIpc) is 2.85. The topological polar surface area (TPSA) is 47.7 Å². The zero-order valence-electron chi connectivity index (χ0n) is 12.1. The van der Waals surface area contributed by atoms with Gasteiger partial charge in [-0.15, -0.1) is 0 Å². The van der Waals surface area contributed by atoms with Crippen LogP contribution in [0.2, 0.25) is 0 Å². The molecule has 4 heteroatoms. The van der Waals surface area contributed by atoms with Crippen molar-refractivity contribution in [2.24, 2.45) is 11.1 Å². The minimum absolute atomic E-state index is 0.362. The molecule has 0 amide bonds. The zero-order valence-corrected chi connectivity index (χ0v) is 12.1. The van der Waals surface area contributed by atoms with Crippen molar-refractivity contribution in [3.63, 3.8) is 0 Å². The predicted octanol–water partition coefficient (Wildman–Crippen LogP) is 1.49. The van der Waals surface area contributed by atoms with Crippen LogP contribution >= 0.6 is 0 Å². The van der Waals surface area contributed by atoms with Gasteiger partial charge in [0.05, 0.1) is 6.61 Å². The minimum atomic E-state index is 0.362. The Labute approximate surface area is 112 Å². The van der Waals surface area contributed by atoms with Gasteiger partial charge in [-0.2, -0.15) is 0 Å². The van der Waals surface area contributed by atoms with E-state index < -0.39 is 0 Å². The molecule has 0 saturated heterocycles. The maximum atomic E-state index is 6.02. The molecule has 0 aromatic carbocycles. The molecule has 0 radical (unpaired) electrons. The van der Waals surface area contributed by atoms with Crippen molar-refractivity contribution in [1.29, 1.82) is 0 Å². The fourth-order valence-electron chi connectivity index (χ4n) is 2.95. The first-order valence-corrected chi connectivity index (χ1v) is 7.16. The SMILES string of the molecule is COCCCN(CCOC)CC1(CN)CCCC1. The Balaban J connectivity index is 2.42. The Bertz CT molecular complexity index is 206. The molecule has 4 nitrogen and oxygen atoms in total. The van der Waals surface area contributed by atoms with Crippen molar-refractivity contribution in [3.8, 4) is 0 Å². The first kappa shape index (κ1) is 15.9. The van der Waals surface area contributed by atoms with E-state index in [-0.39, 0.29) is 0 Å². The van der Waals surface area contributed by atoms with Crippen molar-refractivity contribution >= 4 is 0 Å². The Morgan fingerprint density at radius 1 is 1.06 bits per heavy atom. The molecule has 0 atom stereocenters. The summed E-state index contributed by atoms with van der Waals surface area (Å²) in [7, 11) is 3.53. The third kappa shape index (κ3) is 5.22. The van der Waals surface area contributed by atoms with Crippen LogP contribution in [0, 0.1) is 5.41 Å². The second-order valence-electron chi connectivity index (χ2n) is 5.53. The van der Waals surface area contributed by atoms with Crippen LogP contribution in [0.1, 0.15) is 32.1 Å². The molecule has 0 unspecified atom stereocenters. The summed E-state index contributed by atoms with van der Waals surface area (Å²) >= 11 is 0. The Kier molecular flexibility index (Phi) is 7.82. The first-order valence-electron chi connectivity index (χ1n) is 7.16. The number of hydrogen-bond donors (Lipinski definition) is 1. The third-order valence-electron chi connectivity index (χ3n) is 4.09. The molecule has 1 aliphatic rings. The summed E-state index contributed by atoms with van der Waals surface area (Å²) in [6, 6.07) is 0. The van der Waals surface area contributed by atoms with E-state index in [1.807, 2.05) is 0 Å². The van der Waals surface area contributed by atoms with E-state index in [0.29, 0.717) is 5.41 Å². The fraction of sp³-hybridized carbons (Fsp3) is 1.00.